The van der Waals surface area contributed by atoms with Crippen LogP contribution in [0.4, 0.5) is 0 Å². The Bertz CT molecular complexity index is 520. The first-order valence-electron chi connectivity index (χ1n) is 6.98. The molecule has 0 radical (unpaired) electrons. The Morgan fingerprint density at radius 1 is 1.27 bits per heavy atom. The van der Waals surface area contributed by atoms with Gasteiger partial charge in [-0.05, 0) is 12.5 Å². The van der Waals surface area contributed by atoms with Gasteiger partial charge in [0.15, 0.2) is 6.04 Å². The zero-order valence-electron chi connectivity index (χ0n) is 12.5. The maximum absolute atomic E-state index is 12.1. The number of benzene rings is 1. The Morgan fingerprint density at radius 3 is 2.55 bits per heavy atom. The number of methoxy groups -OCH3 is 1. The Hall–Kier alpha value is -1.96. The van der Waals surface area contributed by atoms with Crippen LogP contribution in [0.15, 0.2) is 30.3 Å². The number of aliphatic hydroxyl groups excluding tert-OH is 1. The highest BCUT2D eigenvalue weighted by molar-refractivity contribution is 5.81. The van der Waals surface area contributed by atoms with Gasteiger partial charge in [-0.3, -0.25) is 9.63 Å². The first-order chi connectivity index (χ1) is 10.6. The molecule has 3 atom stereocenters. The van der Waals surface area contributed by atoms with Crippen LogP contribution in [0, 0.1) is 0 Å². The number of hydrogen-bond donors (Lipinski definition) is 1. The molecule has 1 fully saturated rings. The van der Waals surface area contributed by atoms with Crippen LogP contribution in [0.3, 0.4) is 0 Å². The normalized spacial score (nSPS) is 25.0. The summed E-state index contributed by atoms with van der Waals surface area (Å²) in [5.74, 6) is -1.38. The predicted molar refractivity (Wildman–Crippen MR) is 75.3 cm³/mol. The Morgan fingerprint density at radius 2 is 1.95 bits per heavy atom. The fraction of sp³-hybridized carbons (Fsp3) is 0.467. The number of hydroxylamine groups is 2. The van der Waals surface area contributed by atoms with Crippen LogP contribution in [-0.2, 0) is 30.4 Å². The van der Waals surface area contributed by atoms with Gasteiger partial charge in [0, 0.05) is 0 Å². The molecule has 1 heterocycles. The maximum Gasteiger partial charge on any atom is 0.339 e. The lowest BCUT2D eigenvalue weighted by atomic mass is 10.1. The summed E-state index contributed by atoms with van der Waals surface area (Å²) in [5.41, 5.74) is 0.870. The topological polar surface area (TPSA) is 85.3 Å². The minimum Gasteiger partial charge on any atom is -0.467 e. The van der Waals surface area contributed by atoms with Crippen molar-refractivity contribution in [2.24, 2.45) is 0 Å². The van der Waals surface area contributed by atoms with Crippen LogP contribution in [0.5, 0.6) is 0 Å². The van der Waals surface area contributed by atoms with Gasteiger partial charge in [-0.15, -0.1) is 0 Å². The van der Waals surface area contributed by atoms with E-state index in [-0.39, 0.29) is 13.2 Å². The third-order valence-corrected chi connectivity index (χ3v) is 3.34. The van der Waals surface area contributed by atoms with Crippen LogP contribution < -0.4 is 0 Å². The van der Waals surface area contributed by atoms with Crippen molar-refractivity contribution in [3.8, 4) is 0 Å². The third kappa shape index (κ3) is 3.44. The third-order valence-electron chi connectivity index (χ3n) is 3.34. The summed E-state index contributed by atoms with van der Waals surface area (Å²) in [6, 6.07) is 8.18. The molecule has 0 aromatic heterocycles. The van der Waals surface area contributed by atoms with Gasteiger partial charge < -0.3 is 14.6 Å². The molecular weight excluding hydrogens is 290 g/mol. The Labute approximate surface area is 128 Å². The number of esters is 2. The Balaban J connectivity index is 2.20. The van der Waals surface area contributed by atoms with E-state index in [9.17, 15) is 14.7 Å². The molecule has 0 bridgehead atoms. The van der Waals surface area contributed by atoms with Gasteiger partial charge in [-0.25, -0.2) is 4.79 Å². The van der Waals surface area contributed by atoms with Crippen molar-refractivity contribution in [3.05, 3.63) is 35.9 Å². The number of nitrogens with zero attached hydrogens (tertiary/aromatic N) is 1. The van der Waals surface area contributed by atoms with Crippen molar-refractivity contribution in [1.82, 2.24) is 5.06 Å². The minimum atomic E-state index is -1.35. The SMILES string of the molecule is CCOC(=O)[C@H]1[C@H](O)[C@@H](C(=O)OC)ON1Cc1ccccc1. The van der Waals surface area contributed by atoms with Crippen molar-refractivity contribution < 1.29 is 29.0 Å². The molecule has 1 aliphatic heterocycles. The molecule has 22 heavy (non-hydrogen) atoms. The highest BCUT2D eigenvalue weighted by Crippen LogP contribution is 2.26. The van der Waals surface area contributed by atoms with Gasteiger partial charge in [0.2, 0.25) is 6.10 Å². The average Bonchev–Trinajstić information content (AvgIpc) is 2.84. The molecule has 0 unspecified atom stereocenters. The van der Waals surface area contributed by atoms with E-state index < -0.39 is 30.2 Å². The summed E-state index contributed by atoms with van der Waals surface area (Å²) in [5, 5.41) is 11.5. The van der Waals surface area contributed by atoms with E-state index in [2.05, 4.69) is 4.74 Å². The molecule has 1 saturated heterocycles. The summed E-state index contributed by atoms with van der Waals surface area (Å²) in [6.07, 6.45) is -2.60. The second kappa shape index (κ2) is 7.35. The fourth-order valence-corrected chi connectivity index (χ4v) is 2.29. The number of carbonyl (C=O) groups excluding carboxylic acids is 2. The first kappa shape index (κ1) is 16.4. The van der Waals surface area contributed by atoms with Gasteiger partial charge in [-0.1, -0.05) is 30.3 Å². The largest absolute Gasteiger partial charge is 0.467 e. The van der Waals surface area contributed by atoms with Crippen molar-refractivity contribution >= 4 is 11.9 Å². The summed E-state index contributed by atoms with van der Waals surface area (Å²) in [4.78, 5) is 29.1. The number of aliphatic hydroxyl groups is 1. The van der Waals surface area contributed by atoms with Crippen molar-refractivity contribution in [2.45, 2.75) is 31.7 Å². The molecule has 1 aromatic carbocycles. The molecule has 120 valence electrons. The maximum atomic E-state index is 12.1. The average molecular weight is 309 g/mol. The monoisotopic (exact) mass is 309 g/mol. The van der Waals surface area contributed by atoms with Crippen LogP contribution in [-0.4, -0.2) is 54.1 Å². The molecule has 0 spiro atoms. The molecule has 1 aromatic rings. The van der Waals surface area contributed by atoms with Crippen LogP contribution >= 0.6 is 0 Å². The second-order valence-corrected chi connectivity index (χ2v) is 4.80. The highest BCUT2D eigenvalue weighted by Gasteiger charge is 2.51. The van der Waals surface area contributed by atoms with E-state index in [1.807, 2.05) is 30.3 Å². The highest BCUT2D eigenvalue weighted by atomic mass is 16.7. The van der Waals surface area contributed by atoms with Gasteiger partial charge in [0.25, 0.3) is 0 Å². The predicted octanol–water partition coefficient (Wildman–Crippen LogP) is 0.268. The lowest BCUT2D eigenvalue weighted by Crippen LogP contribution is -2.44. The first-order valence-corrected chi connectivity index (χ1v) is 6.98. The lowest BCUT2D eigenvalue weighted by molar-refractivity contribution is -0.198. The van der Waals surface area contributed by atoms with Crippen LogP contribution in [0.1, 0.15) is 12.5 Å². The van der Waals surface area contributed by atoms with Crippen LogP contribution in [0.25, 0.3) is 0 Å². The minimum absolute atomic E-state index is 0.171. The molecule has 7 heteroatoms. The van der Waals surface area contributed by atoms with E-state index >= 15 is 0 Å². The van der Waals surface area contributed by atoms with Gasteiger partial charge >= 0.3 is 11.9 Å². The van der Waals surface area contributed by atoms with E-state index in [1.165, 1.54) is 12.2 Å². The number of rotatable bonds is 5. The standard InChI is InChI=1S/C15H19NO6/c1-3-21-14(18)11-12(17)13(15(19)20-2)22-16(11)9-10-7-5-4-6-8-10/h4-8,11-13,17H,3,9H2,1-2H3/t11-,12+,13+/m1/s1. The fourth-order valence-electron chi connectivity index (χ4n) is 2.29. The lowest BCUT2D eigenvalue weighted by Gasteiger charge is -2.21. The molecular formula is C15H19NO6. The molecule has 2 rings (SSSR count). The summed E-state index contributed by atoms with van der Waals surface area (Å²) >= 11 is 0. The van der Waals surface area contributed by atoms with Crippen molar-refractivity contribution in [2.75, 3.05) is 13.7 Å². The quantitative estimate of drug-likeness (QED) is 0.781. The van der Waals surface area contributed by atoms with E-state index in [0.717, 1.165) is 5.56 Å². The molecule has 1 N–H and O–H groups in total. The molecule has 0 saturated carbocycles. The smallest absolute Gasteiger partial charge is 0.339 e. The summed E-state index contributed by atoms with van der Waals surface area (Å²) in [6.45, 7) is 2.07. The number of hydrogen-bond acceptors (Lipinski definition) is 7. The molecule has 0 aliphatic carbocycles. The number of carbonyl (C=O) groups is 2. The molecule has 7 nitrogen and oxygen atoms in total. The van der Waals surface area contributed by atoms with E-state index in [1.54, 1.807) is 6.92 Å². The zero-order chi connectivity index (χ0) is 16.1. The molecule has 0 amide bonds. The van der Waals surface area contributed by atoms with Crippen molar-refractivity contribution in [3.63, 3.8) is 0 Å². The molecule has 1 aliphatic rings. The van der Waals surface area contributed by atoms with Crippen molar-refractivity contribution in [1.29, 1.82) is 0 Å². The summed E-state index contributed by atoms with van der Waals surface area (Å²) in [7, 11) is 1.19. The van der Waals surface area contributed by atoms with Gasteiger partial charge in [0.05, 0.1) is 20.3 Å². The van der Waals surface area contributed by atoms with E-state index in [4.69, 9.17) is 9.57 Å². The van der Waals surface area contributed by atoms with Gasteiger partial charge in [0.1, 0.15) is 6.10 Å². The van der Waals surface area contributed by atoms with E-state index in [0.29, 0.717) is 0 Å². The Kier molecular flexibility index (Phi) is 5.48. The zero-order valence-corrected chi connectivity index (χ0v) is 12.5. The second-order valence-electron chi connectivity index (χ2n) is 4.80. The van der Waals surface area contributed by atoms with Gasteiger partial charge in [-0.2, -0.15) is 5.06 Å². The number of ether oxygens (including phenoxy) is 2. The summed E-state index contributed by atoms with van der Waals surface area (Å²) < 4.78 is 9.54. The van der Waals surface area contributed by atoms with Crippen LogP contribution in [0.2, 0.25) is 0 Å².